The quantitative estimate of drug-likeness (QED) is 0.770. The number of hydrogen-bond donors (Lipinski definition) is 3. The maximum absolute atomic E-state index is 10.9. The zero-order chi connectivity index (χ0) is 14.0. The molecule has 3 N–H and O–H groups in total. The summed E-state index contributed by atoms with van der Waals surface area (Å²) in [6.07, 6.45) is -0.210. The van der Waals surface area contributed by atoms with E-state index in [9.17, 15) is 9.90 Å². The molecule has 0 aromatic heterocycles. The van der Waals surface area contributed by atoms with Crippen molar-refractivity contribution in [2.75, 3.05) is 0 Å². The van der Waals surface area contributed by atoms with Crippen molar-refractivity contribution >= 4 is 11.7 Å². The number of carboxylic acid groups (broad SMARTS) is 1. The fraction of sp³-hybridized carbons (Fsp3) is 0.286. The number of benzene rings is 1. The molecule has 19 heavy (non-hydrogen) atoms. The fourth-order valence-corrected chi connectivity index (χ4v) is 1.93. The number of hydrogen-bond acceptors (Lipinski definition) is 4. The van der Waals surface area contributed by atoms with E-state index >= 15 is 0 Å². The topological polar surface area (TPSA) is 81.9 Å². The van der Waals surface area contributed by atoms with Crippen LogP contribution >= 0.6 is 0 Å². The van der Waals surface area contributed by atoms with Gasteiger partial charge in [-0.15, -0.1) is 0 Å². The molecule has 1 atom stereocenters. The second-order valence-corrected chi connectivity index (χ2v) is 4.58. The predicted octanol–water partition coefficient (Wildman–Crippen LogP) is 1.54. The van der Waals surface area contributed by atoms with Crippen LogP contribution in [-0.4, -0.2) is 28.1 Å². The number of rotatable bonds is 3. The van der Waals surface area contributed by atoms with E-state index in [1.807, 2.05) is 19.9 Å². The molecule has 1 aliphatic rings. The van der Waals surface area contributed by atoms with E-state index in [4.69, 9.17) is 5.11 Å². The second kappa shape index (κ2) is 5.24. The summed E-state index contributed by atoms with van der Waals surface area (Å²) in [6.45, 7) is 3.74. The maximum atomic E-state index is 10.9. The van der Waals surface area contributed by atoms with Gasteiger partial charge in [0.1, 0.15) is 0 Å². The van der Waals surface area contributed by atoms with Gasteiger partial charge in [-0.05, 0) is 42.7 Å². The third kappa shape index (κ3) is 2.82. The second-order valence-electron chi connectivity index (χ2n) is 4.58. The molecular formula is C14H16N2O3. The lowest BCUT2D eigenvalue weighted by Gasteiger charge is -2.22. The van der Waals surface area contributed by atoms with Gasteiger partial charge >= 0.3 is 5.97 Å². The molecule has 1 unspecified atom stereocenters. The lowest BCUT2D eigenvalue weighted by atomic mass is 9.97. The van der Waals surface area contributed by atoms with Crippen LogP contribution in [0.3, 0.4) is 0 Å². The normalized spacial score (nSPS) is 18.9. The third-order valence-corrected chi connectivity index (χ3v) is 3.30. The van der Waals surface area contributed by atoms with Crippen molar-refractivity contribution in [2.24, 2.45) is 5.10 Å². The Bertz CT molecular complexity index is 576. The lowest BCUT2D eigenvalue weighted by Crippen LogP contribution is -2.32. The highest BCUT2D eigenvalue weighted by Gasteiger charge is 2.18. The Hall–Kier alpha value is -2.14. The van der Waals surface area contributed by atoms with Crippen molar-refractivity contribution in [2.45, 2.75) is 26.5 Å². The minimum Gasteiger partial charge on any atom is -0.478 e. The fourth-order valence-electron chi connectivity index (χ4n) is 1.93. The Kier molecular flexibility index (Phi) is 3.66. The number of carboxylic acids is 1. The number of nitrogens with zero attached hydrogens (tertiary/aromatic N) is 1. The van der Waals surface area contributed by atoms with Crippen molar-refractivity contribution in [3.63, 3.8) is 0 Å². The smallest absolute Gasteiger partial charge is 0.335 e. The number of aliphatic hydroxyl groups excluding tert-OH is 1. The molecule has 0 saturated carbocycles. The monoisotopic (exact) mass is 260 g/mol. The highest BCUT2D eigenvalue weighted by Crippen LogP contribution is 2.17. The molecule has 1 aromatic rings. The molecule has 5 heteroatoms. The van der Waals surface area contributed by atoms with Crippen LogP contribution in [0.25, 0.3) is 0 Å². The Morgan fingerprint density at radius 3 is 2.84 bits per heavy atom. The van der Waals surface area contributed by atoms with E-state index in [0.717, 1.165) is 22.4 Å². The molecule has 0 fully saturated rings. The Morgan fingerprint density at radius 2 is 2.16 bits per heavy atom. The highest BCUT2D eigenvalue weighted by molar-refractivity contribution is 6.02. The van der Waals surface area contributed by atoms with Crippen molar-refractivity contribution in [3.05, 3.63) is 46.5 Å². The van der Waals surface area contributed by atoms with E-state index in [1.54, 1.807) is 18.2 Å². The number of aliphatic hydroxyl groups is 1. The molecule has 0 spiro atoms. The largest absolute Gasteiger partial charge is 0.478 e. The first-order chi connectivity index (χ1) is 8.99. The van der Waals surface area contributed by atoms with E-state index < -0.39 is 12.2 Å². The zero-order valence-corrected chi connectivity index (χ0v) is 10.8. The molecule has 0 aliphatic carbocycles. The SMILES string of the molecule is CC1=C(C)C(O)NN=C1Cc1cccc(C(=O)O)c1. The molecular weight excluding hydrogens is 244 g/mol. The van der Waals surface area contributed by atoms with Gasteiger partial charge < -0.3 is 10.2 Å². The summed E-state index contributed by atoms with van der Waals surface area (Å²) in [5.41, 5.74) is 6.36. The average molecular weight is 260 g/mol. The molecule has 0 saturated heterocycles. The third-order valence-electron chi connectivity index (χ3n) is 3.30. The minimum atomic E-state index is -0.940. The summed E-state index contributed by atoms with van der Waals surface area (Å²) in [4.78, 5) is 10.9. The van der Waals surface area contributed by atoms with Crippen LogP contribution < -0.4 is 5.43 Å². The van der Waals surface area contributed by atoms with Crippen LogP contribution in [0, 0.1) is 0 Å². The number of nitrogens with one attached hydrogen (secondary N) is 1. The van der Waals surface area contributed by atoms with E-state index in [1.165, 1.54) is 0 Å². The Labute approximate surface area is 111 Å². The van der Waals surface area contributed by atoms with Crippen molar-refractivity contribution in [1.29, 1.82) is 0 Å². The van der Waals surface area contributed by atoms with Crippen LogP contribution in [0.5, 0.6) is 0 Å². The van der Waals surface area contributed by atoms with Gasteiger partial charge in [-0.25, -0.2) is 4.79 Å². The van der Waals surface area contributed by atoms with Gasteiger partial charge in [0.25, 0.3) is 0 Å². The van der Waals surface area contributed by atoms with Crippen LogP contribution in [0.15, 0.2) is 40.5 Å². The molecule has 2 rings (SSSR count). The number of carbonyl (C=O) groups is 1. The van der Waals surface area contributed by atoms with Gasteiger partial charge in [-0.3, -0.25) is 5.43 Å². The van der Waals surface area contributed by atoms with Gasteiger partial charge in [0, 0.05) is 6.42 Å². The van der Waals surface area contributed by atoms with Crippen LogP contribution in [0.4, 0.5) is 0 Å². The van der Waals surface area contributed by atoms with E-state index in [2.05, 4.69) is 10.5 Å². The van der Waals surface area contributed by atoms with Gasteiger partial charge in [-0.2, -0.15) is 5.10 Å². The summed E-state index contributed by atoms with van der Waals surface area (Å²) in [5, 5.41) is 22.7. The molecule has 1 heterocycles. The molecule has 0 bridgehead atoms. The van der Waals surface area contributed by atoms with Gasteiger partial charge in [-0.1, -0.05) is 12.1 Å². The summed E-state index contributed by atoms with van der Waals surface area (Å²) in [7, 11) is 0. The summed E-state index contributed by atoms with van der Waals surface area (Å²) >= 11 is 0. The van der Waals surface area contributed by atoms with E-state index in [-0.39, 0.29) is 5.56 Å². The first-order valence-electron chi connectivity index (χ1n) is 5.99. The average Bonchev–Trinajstić information content (AvgIpc) is 2.40. The van der Waals surface area contributed by atoms with Crippen molar-refractivity contribution in [3.8, 4) is 0 Å². The van der Waals surface area contributed by atoms with Crippen LogP contribution in [0.1, 0.15) is 29.8 Å². The molecule has 100 valence electrons. The Morgan fingerprint density at radius 1 is 1.42 bits per heavy atom. The molecule has 1 aromatic carbocycles. The van der Waals surface area contributed by atoms with Gasteiger partial charge in [0.15, 0.2) is 6.23 Å². The van der Waals surface area contributed by atoms with E-state index in [0.29, 0.717) is 6.42 Å². The molecule has 0 amide bonds. The van der Waals surface area contributed by atoms with Crippen LogP contribution in [-0.2, 0) is 6.42 Å². The Balaban J connectivity index is 2.23. The number of hydrazone groups is 1. The summed E-state index contributed by atoms with van der Waals surface area (Å²) < 4.78 is 0. The first-order valence-corrected chi connectivity index (χ1v) is 5.99. The maximum Gasteiger partial charge on any atom is 0.335 e. The van der Waals surface area contributed by atoms with Crippen LogP contribution in [0.2, 0.25) is 0 Å². The number of allylic oxidation sites excluding steroid dienone is 1. The molecule has 1 aliphatic heterocycles. The lowest BCUT2D eigenvalue weighted by molar-refractivity contribution is 0.0696. The van der Waals surface area contributed by atoms with Crippen molar-refractivity contribution < 1.29 is 15.0 Å². The number of aromatic carboxylic acids is 1. The van der Waals surface area contributed by atoms with Crippen molar-refractivity contribution in [1.82, 2.24) is 5.43 Å². The highest BCUT2D eigenvalue weighted by atomic mass is 16.4. The molecule has 0 radical (unpaired) electrons. The summed E-state index contributed by atoms with van der Waals surface area (Å²) in [5.74, 6) is -0.940. The van der Waals surface area contributed by atoms with Gasteiger partial charge in [0.05, 0.1) is 11.3 Å². The molecule has 5 nitrogen and oxygen atoms in total. The zero-order valence-electron chi connectivity index (χ0n) is 10.8. The standard InChI is InChI=1S/C14H16N2O3/c1-8-9(2)13(17)16-15-12(8)7-10-4-3-5-11(6-10)14(18)19/h3-6,13,16-17H,7H2,1-2H3,(H,18,19). The predicted molar refractivity (Wildman–Crippen MR) is 72.1 cm³/mol. The summed E-state index contributed by atoms with van der Waals surface area (Å²) in [6, 6.07) is 6.78. The van der Waals surface area contributed by atoms with Gasteiger partial charge in [0.2, 0.25) is 0 Å². The first kappa shape index (κ1) is 13.3. The minimum absolute atomic E-state index is 0.264.